The molecular weight excluding hydrogens is 704 g/mol. The number of aliphatic hydroxyl groups is 10. The van der Waals surface area contributed by atoms with Crippen LogP contribution in [0, 0.1) is 10.1 Å². The lowest BCUT2D eigenvalue weighted by Crippen LogP contribution is -2.65. The Labute approximate surface area is 297 Å². The Morgan fingerprint density at radius 1 is 0.750 bits per heavy atom. The van der Waals surface area contributed by atoms with E-state index in [1.165, 1.54) is 19.1 Å². The predicted molar refractivity (Wildman–Crippen MR) is 168 cm³/mol. The summed E-state index contributed by atoms with van der Waals surface area (Å²) in [5, 5.41) is 115. The van der Waals surface area contributed by atoms with E-state index in [1.54, 1.807) is 12.1 Å². The van der Waals surface area contributed by atoms with E-state index in [2.05, 4.69) is 0 Å². The first kappa shape index (κ1) is 41.1. The summed E-state index contributed by atoms with van der Waals surface area (Å²) >= 11 is 0. The highest BCUT2D eigenvalue weighted by atomic mass is 16.7. The maximum absolute atomic E-state index is 11.3. The van der Waals surface area contributed by atoms with Gasteiger partial charge in [0.2, 0.25) is 0 Å². The zero-order valence-corrected chi connectivity index (χ0v) is 28.1. The molecule has 4 aliphatic rings. The molecule has 10 N–H and O–H groups in total. The fourth-order valence-corrected chi connectivity index (χ4v) is 6.67. The van der Waals surface area contributed by atoms with Crippen molar-refractivity contribution in [2.45, 2.75) is 118 Å². The highest BCUT2D eigenvalue weighted by molar-refractivity contribution is 5.34. The molecule has 5 rings (SSSR count). The lowest BCUT2D eigenvalue weighted by atomic mass is 9.94. The van der Waals surface area contributed by atoms with E-state index in [9.17, 15) is 61.2 Å². The molecule has 52 heavy (non-hydrogen) atoms. The summed E-state index contributed by atoms with van der Waals surface area (Å²) in [7, 11) is 0. The van der Waals surface area contributed by atoms with E-state index in [0.29, 0.717) is 5.56 Å². The van der Waals surface area contributed by atoms with E-state index < -0.39 is 136 Å². The standard InChI is InChI=1S/C31H48N2O19/c1-13-21(37)28(52-31-26(42)25(41)22(38)17(10-35)50-31)24(40)19(47-13)12-46-30-27(43)29(23(39)18(11-36)49-30)51-20-8-32(7-16(9-34)48-20)6-14-3-2-4-15(5-14)33(44)45/h2-5,13,16-31,34-43H,6-12H2,1H3. The lowest BCUT2D eigenvalue weighted by Gasteiger charge is -2.47. The van der Waals surface area contributed by atoms with Gasteiger partial charge >= 0.3 is 0 Å². The van der Waals surface area contributed by atoms with Crippen molar-refractivity contribution in [2.75, 3.05) is 39.5 Å². The smallest absolute Gasteiger partial charge is 0.269 e. The van der Waals surface area contributed by atoms with Crippen LogP contribution in [-0.4, -0.2) is 205 Å². The largest absolute Gasteiger partial charge is 0.394 e. The van der Waals surface area contributed by atoms with Crippen LogP contribution >= 0.6 is 0 Å². The van der Waals surface area contributed by atoms with Crippen LogP contribution in [0.2, 0.25) is 0 Å². The minimum absolute atomic E-state index is 0.0590. The van der Waals surface area contributed by atoms with Crippen molar-refractivity contribution >= 4 is 5.69 Å². The summed E-state index contributed by atoms with van der Waals surface area (Å²) < 4.78 is 39.8. The van der Waals surface area contributed by atoms with Crippen LogP contribution in [0.3, 0.4) is 0 Å². The van der Waals surface area contributed by atoms with Crippen LogP contribution in [0.15, 0.2) is 24.3 Å². The molecule has 4 fully saturated rings. The first-order valence-electron chi connectivity index (χ1n) is 16.8. The van der Waals surface area contributed by atoms with Gasteiger partial charge in [-0.3, -0.25) is 15.0 Å². The van der Waals surface area contributed by atoms with Gasteiger partial charge in [0.1, 0.15) is 73.2 Å². The van der Waals surface area contributed by atoms with Gasteiger partial charge in [0.25, 0.3) is 5.69 Å². The maximum Gasteiger partial charge on any atom is 0.269 e. The minimum Gasteiger partial charge on any atom is -0.394 e. The summed E-state index contributed by atoms with van der Waals surface area (Å²) in [4.78, 5) is 12.5. The fourth-order valence-electron chi connectivity index (χ4n) is 6.67. The number of hydrogen-bond donors (Lipinski definition) is 10. The predicted octanol–water partition coefficient (Wildman–Crippen LogP) is -5.35. The molecule has 0 radical (unpaired) electrons. The van der Waals surface area contributed by atoms with Gasteiger partial charge in [-0.1, -0.05) is 12.1 Å². The van der Waals surface area contributed by atoms with E-state index in [1.807, 2.05) is 4.90 Å². The zero-order valence-electron chi connectivity index (χ0n) is 28.1. The summed E-state index contributed by atoms with van der Waals surface area (Å²) in [6.07, 6.45) is -24.8. The van der Waals surface area contributed by atoms with Crippen molar-refractivity contribution in [1.82, 2.24) is 4.90 Å². The lowest BCUT2D eigenvalue weighted by molar-refractivity contribution is -0.384. The molecule has 17 atom stereocenters. The van der Waals surface area contributed by atoms with Crippen LogP contribution in [0.4, 0.5) is 5.69 Å². The van der Waals surface area contributed by atoms with Crippen molar-refractivity contribution in [3.05, 3.63) is 39.9 Å². The molecule has 17 unspecified atom stereocenters. The second-order valence-electron chi connectivity index (χ2n) is 13.3. The van der Waals surface area contributed by atoms with Crippen LogP contribution in [0.5, 0.6) is 0 Å². The van der Waals surface area contributed by atoms with E-state index in [0.717, 1.165) is 0 Å². The van der Waals surface area contributed by atoms with Crippen molar-refractivity contribution in [2.24, 2.45) is 0 Å². The molecular formula is C31H48N2O19. The Kier molecular flexibility index (Phi) is 14.2. The number of non-ortho nitro benzene ring substituents is 1. The third kappa shape index (κ3) is 9.22. The molecule has 0 bridgehead atoms. The molecule has 21 nitrogen and oxygen atoms in total. The summed E-state index contributed by atoms with van der Waals surface area (Å²) in [6.45, 7) is -0.410. The van der Waals surface area contributed by atoms with Gasteiger partial charge in [-0.2, -0.15) is 0 Å². The first-order chi connectivity index (χ1) is 24.8. The summed E-state index contributed by atoms with van der Waals surface area (Å²) in [5.41, 5.74) is 0.515. The molecule has 21 heteroatoms. The zero-order chi connectivity index (χ0) is 37.9. The maximum atomic E-state index is 11.3. The monoisotopic (exact) mass is 752 g/mol. The molecule has 0 spiro atoms. The number of hydrogen-bond acceptors (Lipinski definition) is 20. The molecule has 4 saturated heterocycles. The Bertz CT molecular complexity index is 1300. The van der Waals surface area contributed by atoms with Gasteiger partial charge in [0.05, 0.1) is 43.6 Å². The molecule has 4 aliphatic heterocycles. The van der Waals surface area contributed by atoms with Crippen LogP contribution in [0.25, 0.3) is 0 Å². The molecule has 1 aromatic rings. The molecule has 0 saturated carbocycles. The SMILES string of the molecule is CC1OC(COC2OC(CO)C(O)C(OC3CN(Cc4cccc([N+](=O)[O-])c4)CC(CO)O3)C2O)C(O)C(OC2OC(CO)C(O)C(O)C2O)C1O. The minimum atomic E-state index is -1.82. The van der Waals surface area contributed by atoms with Gasteiger partial charge in [0, 0.05) is 31.8 Å². The molecule has 1 aromatic carbocycles. The van der Waals surface area contributed by atoms with Crippen molar-refractivity contribution in [1.29, 1.82) is 0 Å². The van der Waals surface area contributed by atoms with E-state index >= 15 is 0 Å². The number of rotatable bonds is 13. The normalized spacial score (nSPS) is 43.3. The Morgan fingerprint density at radius 3 is 2.08 bits per heavy atom. The summed E-state index contributed by atoms with van der Waals surface area (Å²) in [5.74, 6) is 0. The Hall–Kier alpha value is -2.10. The van der Waals surface area contributed by atoms with Gasteiger partial charge in [0.15, 0.2) is 18.9 Å². The van der Waals surface area contributed by atoms with Crippen molar-refractivity contribution in [3.8, 4) is 0 Å². The summed E-state index contributed by atoms with van der Waals surface area (Å²) in [6, 6.07) is 6.01. The van der Waals surface area contributed by atoms with Crippen molar-refractivity contribution in [3.63, 3.8) is 0 Å². The Morgan fingerprint density at radius 2 is 1.40 bits per heavy atom. The van der Waals surface area contributed by atoms with E-state index in [-0.39, 0.29) is 25.3 Å². The Balaban J connectivity index is 1.23. The average Bonchev–Trinajstić information content (AvgIpc) is 3.13. The number of nitro benzene ring substituents is 1. The number of nitrogens with zero attached hydrogens (tertiary/aromatic N) is 2. The average molecular weight is 753 g/mol. The van der Waals surface area contributed by atoms with E-state index in [4.69, 9.17) is 33.2 Å². The highest BCUT2D eigenvalue weighted by Gasteiger charge is 2.51. The van der Waals surface area contributed by atoms with Gasteiger partial charge in [-0.15, -0.1) is 0 Å². The molecule has 4 heterocycles. The van der Waals surface area contributed by atoms with Crippen LogP contribution in [-0.2, 0) is 39.7 Å². The second kappa shape index (κ2) is 18.0. The highest BCUT2D eigenvalue weighted by Crippen LogP contribution is 2.32. The number of morpholine rings is 1. The number of aliphatic hydroxyl groups excluding tert-OH is 10. The number of benzene rings is 1. The molecule has 0 aliphatic carbocycles. The molecule has 0 aromatic heterocycles. The third-order valence-electron chi connectivity index (χ3n) is 9.56. The van der Waals surface area contributed by atoms with Gasteiger partial charge < -0.3 is 84.2 Å². The van der Waals surface area contributed by atoms with Crippen LogP contribution < -0.4 is 0 Å². The van der Waals surface area contributed by atoms with Crippen molar-refractivity contribution < 1.29 is 89.1 Å². The topological polar surface area (TPSA) is 313 Å². The third-order valence-corrected chi connectivity index (χ3v) is 9.56. The fraction of sp³-hybridized carbons (Fsp3) is 0.806. The van der Waals surface area contributed by atoms with Gasteiger partial charge in [-0.25, -0.2) is 0 Å². The number of nitro groups is 1. The quantitative estimate of drug-likeness (QED) is 0.0664. The van der Waals surface area contributed by atoms with Crippen LogP contribution in [0.1, 0.15) is 12.5 Å². The number of ether oxygens (including phenoxy) is 7. The second-order valence-corrected chi connectivity index (χ2v) is 13.3. The van der Waals surface area contributed by atoms with Gasteiger partial charge in [-0.05, 0) is 12.5 Å². The molecule has 296 valence electrons. The first-order valence-corrected chi connectivity index (χ1v) is 16.8. The molecule has 0 amide bonds.